The number of nitrogen functional groups attached to an aromatic ring is 1. The van der Waals surface area contributed by atoms with Crippen LogP contribution < -0.4 is 5.73 Å². The maximum Gasteiger partial charge on any atom is 0.121 e. The fourth-order valence-electron chi connectivity index (χ4n) is 2.00. The van der Waals surface area contributed by atoms with Crippen LogP contribution >= 0.6 is 11.8 Å². The Balaban J connectivity index is 1.96. The van der Waals surface area contributed by atoms with Gasteiger partial charge in [-0.15, -0.1) is 0 Å². The second-order valence-electron chi connectivity index (χ2n) is 4.44. The van der Waals surface area contributed by atoms with Crippen LogP contribution in [0.3, 0.4) is 0 Å². The van der Waals surface area contributed by atoms with Crippen LogP contribution in [0.15, 0.2) is 30.3 Å². The highest BCUT2D eigenvalue weighted by molar-refractivity contribution is 8.00. The van der Waals surface area contributed by atoms with Gasteiger partial charge >= 0.3 is 0 Å². The van der Waals surface area contributed by atoms with E-state index in [0.717, 1.165) is 17.2 Å². The molecule has 3 rings (SSSR count). The highest BCUT2D eigenvalue weighted by atomic mass is 32.2. The molecule has 1 aliphatic heterocycles. The SMILES string of the molecule is Cn1nc(-c2cccc(C3CSC3)c2)cc1N. The first-order valence-corrected chi connectivity index (χ1v) is 6.87. The van der Waals surface area contributed by atoms with Gasteiger partial charge in [-0.05, 0) is 11.6 Å². The van der Waals surface area contributed by atoms with Crippen LogP contribution in [0.1, 0.15) is 11.5 Å². The van der Waals surface area contributed by atoms with Gasteiger partial charge in [0, 0.05) is 36.1 Å². The summed E-state index contributed by atoms with van der Waals surface area (Å²) >= 11 is 2.01. The number of rotatable bonds is 2. The topological polar surface area (TPSA) is 43.8 Å². The molecule has 0 bridgehead atoms. The lowest BCUT2D eigenvalue weighted by Gasteiger charge is -2.25. The van der Waals surface area contributed by atoms with Crippen molar-refractivity contribution in [2.45, 2.75) is 5.92 Å². The van der Waals surface area contributed by atoms with E-state index in [2.05, 4.69) is 29.4 Å². The summed E-state index contributed by atoms with van der Waals surface area (Å²) in [5.74, 6) is 3.91. The van der Waals surface area contributed by atoms with Crippen LogP contribution in [0.2, 0.25) is 0 Å². The van der Waals surface area contributed by atoms with Crippen molar-refractivity contribution in [3.05, 3.63) is 35.9 Å². The fraction of sp³-hybridized carbons (Fsp3) is 0.308. The number of aromatic nitrogens is 2. The number of anilines is 1. The summed E-state index contributed by atoms with van der Waals surface area (Å²) in [6, 6.07) is 10.6. The van der Waals surface area contributed by atoms with Gasteiger partial charge in [0.25, 0.3) is 0 Å². The molecule has 4 heteroatoms. The lowest BCUT2D eigenvalue weighted by atomic mass is 9.99. The van der Waals surface area contributed by atoms with E-state index >= 15 is 0 Å². The maximum absolute atomic E-state index is 5.81. The Morgan fingerprint density at radius 3 is 2.76 bits per heavy atom. The molecule has 2 aromatic rings. The van der Waals surface area contributed by atoms with Gasteiger partial charge in [0.2, 0.25) is 0 Å². The predicted octanol–water partition coefficient (Wildman–Crippen LogP) is 2.50. The summed E-state index contributed by atoms with van der Waals surface area (Å²) in [5.41, 5.74) is 9.35. The molecule has 1 aromatic heterocycles. The van der Waals surface area contributed by atoms with Crippen LogP contribution in [0.25, 0.3) is 11.3 Å². The number of thioether (sulfide) groups is 1. The van der Waals surface area contributed by atoms with Gasteiger partial charge in [-0.2, -0.15) is 16.9 Å². The molecule has 0 unspecified atom stereocenters. The quantitative estimate of drug-likeness (QED) is 0.884. The van der Waals surface area contributed by atoms with E-state index in [9.17, 15) is 0 Å². The summed E-state index contributed by atoms with van der Waals surface area (Å²) in [6.45, 7) is 0. The molecule has 1 saturated heterocycles. The van der Waals surface area contributed by atoms with Gasteiger partial charge in [-0.1, -0.05) is 18.2 Å². The third kappa shape index (κ3) is 1.93. The average molecular weight is 245 g/mol. The Morgan fingerprint density at radius 1 is 1.35 bits per heavy atom. The van der Waals surface area contributed by atoms with Gasteiger partial charge in [-0.25, -0.2) is 0 Å². The van der Waals surface area contributed by atoms with Gasteiger partial charge in [0.1, 0.15) is 5.82 Å². The number of hydrogen-bond acceptors (Lipinski definition) is 3. The normalized spacial score (nSPS) is 15.8. The Labute approximate surface area is 105 Å². The van der Waals surface area contributed by atoms with Crippen LogP contribution in [-0.4, -0.2) is 21.3 Å². The van der Waals surface area contributed by atoms with E-state index in [-0.39, 0.29) is 0 Å². The molecule has 2 heterocycles. The van der Waals surface area contributed by atoms with Crippen molar-refractivity contribution in [1.29, 1.82) is 0 Å². The predicted molar refractivity (Wildman–Crippen MR) is 73.1 cm³/mol. The smallest absolute Gasteiger partial charge is 0.121 e. The van der Waals surface area contributed by atoms with Gasteiger partial charge in [0.15, 0.2) is 0 Å². The van der Waals surface area contributed by atoms with Crippen molar-refractivity contribution in [3.63, 3.8) is 0 Å². The van der Waals surface area contributed by atoms with Crippen molar-refractivity contribution in [3.8, 4) is 11.3 Å². The molecule has 0 radical (unpaired) electrons. The molecule has 1 aliphatic rings. The second-order valence-corrected chi connectivity index (χ2v) is 5.51. The Morgan fingerprint density at radius 2 is 2.18 bits per heavy atom. The Kier molecular flexibility index (Phi) is 2.59. The molecule has 0 saturated carbocycles. The summed E-state index contributed by atoms with van der Waals surface area (Å²) < 4.78 is 1.71. The molecule has 2 N–H and O–H groups in total. The summed E-state index contributed by atoms with van der Waals surface area (Å²) in [7, 11) is 1.87. The standard InChI is InChI=1S/C13H15N3S/c1-16-13(14)6-12(15-16)10-4-2-3-9(5-10)11-7-17-8-11/h2-6,11H,7-8,14H2,1H3. The van der Waals surface area contributed by atoms with Crippen molar-refractivity contribution >= 4 is 17.6 Å². The number of hydrogen-bond donors (Lipinski definition) is 1. The minimum absolute atomic E-state index is 0.699. The highest BCUT2D eigenvalue weighted by Crippen LogP contribution is 2.35. The third-order valence-electron chi connectivity index (χ3n) is 3.21. The first-order chi connectivity index (χ1) is 8.24. The molecule has 88 valence electrons. The van der Waals surface area contributed by atoms with Crippen molar-refractivity contribution in [2.75, 3.05) is 17.2 Å². The van der Waals surface area contributed by atoms with E-state index in [1.807, 2.05) is 24.9 Å². The van der Waals surface area contributed by atoms with Crippen LogP contribution in [0.5, 0.6) is 0 Å². The lowest BCUT2D eigenvalue weighted by molar-refractivity contribution is 0.782. The zero-order valence-corrected chi connectivity index (χ0v) is 10.6. The van der Waals surface area contributed by atoms with Gasteiger partial charge in [0.05, 0.1) is 5.69 Å². The minimum Gasteiger partial charge on any atom is -0.384 e. The number of nitrogens with zero attached hydrogens (tertiary/aromatic N) is 2. The Bertz CT molecular complexity index is 524. The molecule has 0 aliphatic carbocycles. The first-order valence-electron chi connectivity index (χ1n) is 5.71. The van der Waals surface area contributed by atoms with E-state index in [4.69, 9.17) is 5.73 Å². The molecule has 17 heavy (non-hydrogen) atoms. The molecule has 0 atom stereocenters. The molecule has 3 nitrogen and oxygen atoms in total. The molecule has 0 spiro atoms. The minimum atomic E-state index is 0.699. The number of nitrogens with two attached hydrogens (primary N) is 1. The summed E-state index contributed by atoms with van der Waals surface area (Å²) in [5, 5.41) is 4.41. The molecule has 0 amide bonds. The molecular formula is C13H15N3S. The molecular weight excluding hydrogens is 230 g/mol. The van der Waals surface area contributed by atoms with Crippen LogP contribution in [0.4, 0.5) is 5.82 Å². The third-order valence-corrected chi connectivity index (χ3v) is 4.48. The van der Waals surface area contributed by atoms with E-state index in [1.165, 1.54) is 17.1 Å². The van der Waals surface area contributed by atoms with Gasteiger partial charge in [-0.3, -0.25) is 4.68 Å². The number of aryl methyl sites for hydroxylation is 1. The fourth-order valence-corrected chi connectivity index (χ4v) is 2.86. The van der Waals surface area contributed by atoms with Crippen LogP contribution in [-0.2, 0) is 7.05 Å². The second kappa shape index (κ2) is 4.11. The average Bonchev–Trinajstić information content (AvgIpc) is 2.57. The van der Waals surface area contributed by atoms with Crippen molar-refractivity contribution < 1.29 is 0 Å². The van der Waals surface area contributed by atoms with Crippen molar-refractivity contribution in [1.82, 2.24) is 9.78 Å². The zero-order valence-electron chi connectivity index (χ0n) is 9.76. The molecule has 1 fully saturated rings. The number of benzene rings is 1. The van der Waals surface area contributed by atoms with Crippen molar-refractivity contribution in [2.24, 2.45) is 7.05 Å². The van der Waals surface area contributed by atoms with Gasteiger partial charge < -0.3 is 5.73 Å². The highest BCUT2D eigenvalue weighted by Gasteiger charge is 2.20. The summed E-state index contributed by atoms with van der Waals surface area (Å²) in [4.78, 5) is 0. The van der Waals surface area contributed by atoms with Crippen LogP contribution in [0, 0.1) is 0 Å². The zero-order chi connectivity index (χ0) is 11.8. The summed E-state index contributed by atoms with van der Waals surface area (Å²) in [6.07, 6.45) is 0. The maximum atomic E-state index is 5.81. The van der Waals surface area contributed by atoms with E-state index in [1.54, 1.807) is 4.68 Å². The first kappa shape index (κ1) is 10.7. The Hall–Kier alpha value is -1.42. The largest absolute Gasteiger partial charge is 0.384 e. The lowest BCUT2D eigenvalue weighted by Crippen LogP contribution is -2.15. The monoisotopic (exact) mass is 245 g/mol. The van der Waals surface area contributed by atoms with E-state index in [0.29, 0.717) is 5.82 Å². The van der Waals surface area contributed by atoms with E-state index < -0.39 is 0 Å². The molecule has 1 aromatic carbocycles.